The van der Waals surface area contributed by atoms with Crippen molar-refractivity contribution < 1.29 is 19.2 Å². The van der Waals surface area contributed by atoms with Crippen molar-refractivity contribution in [3.63, 3.8) is 0 Å². The Morgan fingerprint density at radius 2 is 1.92 bits per heavy atom. The fourth-order valence-corrected chi connectivity index (χ4v) is 3.06. The van der Waals surface area contributed by atoms with Crippen LogP contribution in [0.15, 0.2) is 41.3 Å². The monoisotopic (exact) mass is 380 g/mol. The maximum atomic E-state index is 12.1. The van der Waals surface area contributed by atoms with Gasteiger partial charge in [0.05, 0.1) is 4.92 Å². The molecular formula is C16H16N2O5S2. The minimum absolute atomic E-state index is 0.0924. The van der Waals surface area contributed by atoms with Gasteiger partial charge in [0, 0.05) is 24.6 Å². The van der Waals surface area contributed by atoms with Crippen LogP contribution in [0.2, 0.25) is 0 Å². The van der Waals surface area contributed by atoms with E-state index in [4.69, 9.17) is 4.74 Å². The fourth-order valence-electron chi connectivity index (χ4n) is 1.94. The summed E-state index contributed by atoms with van der Waals surface area (Å²) in [5.41, 5.74) is 0.967. The van der Waals surface area contributed by atoms with Gasteiger partial charge in [0.25, 0.3) is 5.91 Å². The topological polar surface area (TPSA) is 89.8 Å². The predicted octanol–water partition coefficient (Wildman–Crippen LogP) is 3.19. The van der Waals surface area contributed by atoms with Crippen LogP contribution >= 0.6 is 23.1 Å². The molecule has 2 rings (SSSR count). The zero-order chi connectivity index (χ0) is 18.4. The number of benzene rings is 1. The molecule has 0 radical (unpaired) electrons. The van der Waals surface area contributed by atoms with Gasteiger partial charge in [0.2, 0.25) is 0 Å². The third-order valence-electron chi connectivity index (χ3n) is 3.30. The van der Waals surface area contributed by atoms with Crippen LogP contribution in [-0.2, 0) is 16.1 Å². The van der Waals surface area contributed by atoms with Crippen LogP contribution in [0, 0.1) is 10.1 Å². The van der Waals surface area contributed by atoms with Crippen LogP contribution in [0.4, 0.5) is 5.00 Å². The molecule has 1 aromatic carbocycles. The third kappa shape index (κ3) is 5.30. The van der Waals surface area contributed by atoms with E-state index in [1.165, 1.54) is 17.0 Å². The summed E-state index contributed by atoms with van der Waals surface area (Å²) in [4.78, 5) is 36.6. The maximum absolute atomic E-state index is 12.1. The van der Waals surface area contributed by atoms with Crippen LogP contribution in [0.5, 0.6) is 0 Å². The normalized spacial score (nSPS) is 10.3. The Kier molecular flexibility index (Phi) is 6.54. The van der Waals surface area contributed by atoms with Crippen molar-refractivity contribution in [3.05, 3.63) is 57.0 Å². The van der Waals surface area contributed by atoms with Crippen molar-refractivity contribution >= 4 is 40.0 Å². The number of carbonyl (C=O) groups is 2. The van der Waals surface area contributed by atoms with E-state index in [-0.39, 0.29) is 15.8 Å². The highest BCUT2D eigenvalue weighted by Gasteiger charge is 2.18. The molecule has 1 heterocycles. The van der Waals surface area contributed by atoms with E-state index < -0.39 is 17.5 Å². The lowest BCUT2D eigenvalue weighted by Crippen LogP contribution is -2.30. The van der Waals surface area contributed by atoms with E-state index in [0.29, 0.717) is 17.9 Å². The summed E-state index contributed by atoms with van der Waals surface area (Å²) in [5.74, 6) is -1.10. The Labute approximate surface area is 152 Å². The van der Waals surface area contributed by atoms with Gasteiger partial charge in [-0.25, -0.2) is 4.79 Å². The van der Waals surface area contributed by atoms with E-state index in [1.807, 2.05) is 30.5 Å². The highest BCUT2D eigenvalue weighted by atomic mass is 32.2. The first-order valence-electron chi connectivity index (χ1n) is 7.19. The van der Waals surface area contributed by atoms with Crippen molar-refractivity contribution in [3.8, 4) is 0 Å². The molecule has 0 fully saturated rings. The second-order valence-electron chi connectivity index (χ2n) is 5.07. The van der Waals surface area contributed by atoms with Gasteiger partial charge in [-0.1, -0.05) is 23.5 Å². The highest BCUT2D eigenvalue weighted by molar-refractivity contribution is 7.98. The molecule has 132 valence electrons. The summed E-state index contributed by atoms with van der Waals surface area (Å²) in [6.45, 7) is -0.0144. The number of likely N-dealkylation sites (N-methyl/N-ethyl adjacent to an activating group) is 1. The lowest BCUT2D eigenvalue weighted by Gasteiger charge is -2.17. The second-order valence-corrected chi connectivity index (χ2v) is 7.01. The van der Waals surface area contributed by atoms with Crippen LogP contribution in [0.25, 0.3) is 0 Å². The van der Waals surface area contributed by atoms with Crippen molar-refractivity contribution in [2.45, 2.75) is 11.4 Å². The van der Waals surface area contributed by atoms with Gasteiger partial charge < -0.3 is 9.64 Å². The molecule has 0 aliphatic carbocycles. The summed E-state index contributed by atoms with van der Waals surface area (Å²) in [5, 5.41) is 10.5. The first-order chi connectivity index (χ1) is 11.9. The molecule has 9 heteroatoms. The fraction of sp³-hybridized carbons (Fsp3) is 0.250. The summed E-state index contributed by atoms with van der Waals surface area (Å²) < 4.78 is 4.93. The number of rotatable bonds is 7. The number of thioether (sulfide) groups is 1. The lowest BCUT2D eigenvalue weighted by atomic mass is 10.2. The number of hydrogen-bond donors (Lipinski definition) is 0. The molecule has 0 spiro atoms. The molecular weight excluding hydrogens is 364 g/mol. The molecule has 0 aliphatic heterocycles. The van der Waals surface area contributed by atoms with Gasteiger partial charge in [-0.2, -0.15) is 0 Å². The molecule has 0 bridgehead atoms. The number of hydrogen-bond acceptors (Lipinski definition) is 7. The molecule has 2 aromatic rings. The van der Waals surface area contributed by atoms with Crippen molar-refractivity contribution in [2.24, 2.45) is 0 Å². The standard InChI is InChI=1S/C16H16N2O5S2/c1-17(9-11-3-5-12(24-2)6-4-11)14(19)10-23-16(20)13-7-8-15(25-13)18(21)22/h3-8H,9-10H2,1-2H3. The second kappa shape index (κ2) is 8.63. The Bertz CT molecular complexity index is 773. The average molecular weight is 380 g/mol. The van der Waals surface area contributed by atoms with Gasteiger partial charge in [0.15, 0.2) is 6.61 Å². The third-order valence-corrected chi connectivity index (χ3v) is 5.06. The SMILES string of the molecule is CSc1ccc(CN(C)C(=O)COC(=O)c2ccc([N+](=O)[O-])s2)cc1. The first kappa shape index (κ1) is 18.9. The van der Waals surface area contributed by atoms with Gasteiger partial charge in [-0.3, -0.25) is 14.9 Å². The molecule has 7 nitrogen and oxygen atoms in total. The molecule has 0 atom stereocenters. The number of ether oxygens (including phenoxy) is 1. The van der Waals surface area contributed by atoms with E-state index in [1.54, 1.807) is 18.8 Å². The van der Waals surface area contributed by atoms with Crippen LogP contribution < -0.4 is 0 Å². The van der Waals surface area contributed by atoms with E-state index >= 15 is 0 Å². The summed E-state index contributed by atoms with van der Waals surface area (Å²) in [6.07, 6.45) is 1.99. The minimum Gasteiger partial charge on any atom is -0.451 e. The first-order valence-corrected chi connectivity index (χ1v) is 9.23. The van der Waals surface area contributed by atoms with E-state index in [9.17, 15) is 19.7 Å². The number of nitrogens with zero attached hydrogens (tertiary/aromatic N) is 2. The summed E-state index contributed by atoms with van der Waals surface area (Å²) >= 11 is 2.35. The zero-order valence-electron chi connectivity index (χ0n) is 13.6. The van der Waals surface area contributed by atoms with Crippen LogP contribution in [-0.4, -0.2) is 41.6 Å². The zero-order valence-corrected chi connectivity index (χ0v) is 15.3. The lowest BCUT2D eigenvalue weighted by molar-refractivity contribution is -0.380. The molecule has 0 saturated heterocycles. The highest BCUT2D eigenvalue weighted by Crippen LogP contribution is 2.24. The van der Waals surface area contributed by atoms with E-state index in [2.05, 4.69) is 0 Å². The Balaban J connectivity index is 1.85. The quantitative estimate of drug-likeness (QED) is 0.317. The average Bonchev–Trinajstić information content (AvgIpc) is 3.10. The minimum atomic E-state index is -0.746. The molecule has 25 heavy (non-hydrogen) atoms. The number of esters is 1. The summed E-state index contributed by atoms with van der Waals surface area (Å²) in [6, 6.07) is 10.4. The number of carbonyl (C=O) groups excluding carboxylic acids is 2. The molecule has 0 saturated carbocycles. The van der Waals surface area contributed by atoms with Crippen LogP contribution in [0.3, 0.4) is 0 Å². The molecule has 0 N–H and O–H groups in total. The molecule has 1 amide bonds. The smallest absolute Gasteiger partial charge is 0.349 e. The molecule has 1 aromatic heterocycles. The van der Waals surface area contributed by atoms with Gasteiger partial charge in [-0.05, 0) is 30.0 Å². The van der Waals surface area contributed by atoms with Crippen molar-refractivity contribution in [1.29, 1.82) is 0 Å². The largest absolute Gasteiger partial charge is 0.451 e. The van der Waals surface area contributed by atoms with E-state index in [0.717, 1.165) is 10.5 Å². The van der Waals surface area contributed by atoms with Gasteiger partial charge >= 0.3 is 11.0 Å². The van der Waals surface area contributed by atoms with Crippen molar-refractivity contribution in [2.75, 3.05) is 19.9 Å². The molecule has 0 aliphatic rings. The van der Waals surface area contributed by atoms with Gasteiger partial charge in [0.1, 0.15) is 4.88 Å². The Morgan fingerprint density at radius 1 is 1.24 bits per heavy atom. The Morgan fingerprint density at radius 3 is 2.48 bits per heavy atom. The molecule has 0 unspecified atom stereocenters. The summed E-state index contributed by atoms with van der Waals surface area (Å²) in [7, 11) is 1.62. The number of nitro groups is 1. The predicted molar refractivity (Wildman–Crippen MR) is 96.0 cm³/mol. The van der Waals surface area contributed by atoms with Crippen LogP contribution in [0.1, 0.15) is 15.2 Å². The Hall–Kier alpha value is -2.39. The maximum Gasteiger partial charge on any atom is 0.349 e. The number of amides is 1. The van der Waals surface area contributed by atoms with Crippen molar-refractivity contribution in [1.82, 2.24) is 4.90 Å². The van der Waals surface area contributed by atoms with Gasteiger partial charge in [-0.15, -0.1) is 11.8 Å². The number of thiophene rings is 1.